The number of fused-ring (bicyclic) bond motifs is 4. The summed E-state index contributed by atoms with van der Waals surface area (Å²) in [6.45, 7) is 21.2. The number of amides is 5. The molecule has 4 aliphatic heterocycles. The van der Waals surface area contributed by atoms with Crippen molar-refractivity contribution in [2.45, 2.75) is 184 Å². The Kier molecular flexibility index (Phi) is 37.5. The summed E-state index contributed by atoms with van der Waals surface area (Å²) in [6.07, 6.45) is 5.53. The number of carbonyl (C=O) groups is 8. The number of hydrogen-bond donors (Lipinski definition) is 3. The van der Waals surface area contributed by atoms with Crippen LogP contribution in [0.1, 0.15) is 231 Å². The van der Waals surface area contributed by atoms with Crippen molar-refractivity contribution in [2.75, 3.05) is 194 Å². The second kappa shape index (κ2) is 45.0. The summed E-state index contributed by atoms with van der Waals surface area (Å²) >= 11 is 11.0. The molecule has 766 valence electrons. The molecule has 5 aromatic rings. The molecule has 0 spiro atoms. The van der Waals surface area contributed by atoms with Crippen molar-refractivity contribution in [3.63, 3.8) is 0 Å². The number of alkyl halides is 1. The minimum absolute atomic E-state index is 0. The number of aryl methyl sites for hydroxylation is 4. The highest BCUT2D eigenvalue weighted by Crippen LogP contribution is 2.53. The molecule has 4 aromatic heterocycles. The van der Waals surface area contributed by atoms with E-state index in [1.165, 1.54) is 49.4 Å². The number of sulfone groups is 4. The van der Waals surface area contributed by atoms with Crippen LogP contribution in [0.2, 0.25) is 0 Å². The number of rotatable bonds is 41. The van der Waals surface area contributed by atoms with Gasteiger partial charge in [0.2, 0.25) is 0 Å². The Morgan fingerprint density at radius 3 is 1.03 bits per heavy atom. The first-order chi connectivity index (χ1) is 63.3. The van der Waals surface area contributed by atoms with Crippen molar-refractivity contribution >= 4 is 122 Å². The molecule has 0 unspecified atom stereocenters. The first kappa shape index (κ1) is 114. The molecule has 4 aliphatic carbocycles. The summed E-state index contributed by atoms with van der Waals surface area (Å²) in [5.74, 6) is -2.74. The summed E-state index contributed by atoms with van der Waals surface area (Å²) in [4.78, 5) is 115. The van der Waals surface area contributed by atoms with Crippen LogP contribution in [-0.2, 0) is 119 Å². The summed E-state index contributed by atoms with van der Waals surface area (Å²) in [6, 6.07) is 8.97. The van der Waals surface area contributed by atoms with Crippen molar-refractivity contribution in [3.05, 3.63) is 103 Å². The van der Waals surface area contributed by atoms with Crippen LogP contribution >= 0.6 is 35.6 Å². The maximum Gasteiger partial charge on any atom is 0.359 e. The molecule has 1 aromatic carbocycles. The second-order valence-electron chi connectivity index (χ2n) is 39.9. The SMILES string of the molecule is CCOC(=O)c1nn(C)c2c1CCN(CC1(S(=O)(=O)C(C)(C)CO)CC1)C2=O.CN(C)CCCl.CN(C)CCOCC(C)(C)S(=O)(=O)C1(CN2CCc3c(C(=O)Cl)nn(C)c3C2=O)CC1.CN(C)CCOCC(C)(C)S(=O)(=O)C1(CN2CCc3c(C(=O)NCc4ccc(C#N)cc4)nn(C)c3C2=O)CC1.CN(C)CCOCC(C)(C)S(=O)(=O)C1(CN2CCc3c(C(=O)O)nn(C)c3C2=O)CC1.Cl. The van der Waals surface area contributed by atoms with E-state index in [0.29, 0.717) is 181 Å². The second-order valence-corrected chi connectivity index (χ2v) is 52.5. The van der Waals surface area contributed by atoms with Crippen molar-refractivity contribution < 1.29 is 101 Å². The first-order valence-corrected chi connectivity index (χ1v) is 52.3. The lowest BCUT2D eigenvalue weighted by Gasteiger charge is -2.35. The van der Waals surface area contributed by atoms with Crippen LogP contribution in [0.15, 0.2) is 24.3 Å². The third-order valence-corrected chi connectivity index (χ3v) is 39.7. The van der Waals surface area contributed by atoms with Crippen LogP contribution in [0.25, 0.3) is 0 Å². The fourth-order valence-corrected chi connectivity index (χ4v) is 27.2. The van der Waals surface area contributed by atoms with Gasteiger partial charge in [-0.15, -0.1) is 24.0 Å². The van der Waals surface area contributed by atoms with Crippen molar-refractivity contribution in [3.8, 4) is 6.07 Å². The highest BCUT2D eigenvalue weighted by atomic mass is 35.5. The van der Waals surface area contributed by atoms with Gasteiger partial charge in [0, 0.05) is 141 Å². The van der Waals surface area contributed by atoms with Gasteiger partial charge in [-0.05, 0) is 225 Å². The Bertz CT molecular complexity index is 5610. The average molecular weight is 2060 g/mol. The quantitative estimate of drug-likeness (QED) is 0.0209. The number of nitrogens with zero attached hydrogens (tertiary/aromatic N) is 17. The van der Waals surface area contributed by atoms with Gasteiger partial charge >= 0.3 is 11.9 Å². The van der Waals surface area contributed by atoms with E-state index in [1.807, 2.05) is 76.0 Å². The number of esters is 1. The number of ether oxygens (including phenoxy) is 4. The normalized spacial score (nSPS) is 17.4. The molecule has 8 heterocycles. The van der Waals surface area contributed by atoms with Crippen LogP contribution in [0, 0.1) is 11.3 Å². The Morgan fingerprint density at radius 1 is 0.474 bits per heavy atom. The molecule has 0 radical (unpaired) electrons. The third kappa shape index (κ3) is 24.8. The molecule has 137 heavy (non-hydrogen) atoms. The van der Waals surface area contributed by atoms with Gasteiger partial charge in [0.25, 0.3) is 34.8 Å². The number of aliphatic hydroxyl groups is 1. The minimum Gasteiger partial charge on any atom is -0.476 e. The summed E-state index contributed by atoms with van der Waals surface area (Å²) in [5.41, 5.74) is 4.89. The lowest BCUT2D eigenvalue weighted by atomic mass is 10.0. The molecular formula is C90H139Cl3N18O22S4. The van der Waals surface area contributed by atoms with Gasteiger partial charge in [0.05, 0.1) is 102 Å². The van der Waals surface area contributed by atoms with E-state index in [0.717, 1.165) is 18.0 Å². The first-order valence-electron chi connectivity index (χ1n) is 45.5. The van der Waals surface area contributed by atoms with Gasteiger partial charge in [-0.2, -0.15) is 25.7 Å². The molecule has 8 aliphatic rings. The van der Waals surface area contributed by atoms with E-state index in [-0.39, 0.29) is 136 Å². The number of carboxylic acids is 1. The van der Waals surface area contributed by atoms with Gasteiger partial charge < -0.3 is 73.7 Å². The zero-order valence-electron chi connectivity index (χ0n) is 82.8. The topological polar surface area (TPSA) is 484 Å². The Balaban J connectivity index is 0.000000221. The zero-order chi connectivity index (χ0) is 102. The fourth-order valence-electron chi connectivity index (χ4n) is 17.2. The van der Waals surface area contributed by atoms with Crippen LogP contribution < -0.4 is 5.32 Å². The van der Waals surface area contributed by atoms with Crippen molar-refractivity contribution in [2.24, 2.45) is 28.2 Å². The van der Waals surface area contributed by atoms with Gasteiger partial charge in [0.15, 0.2) is 56.4 Å². The Morgan fingerprint density at radius 2 is 0.759 bits per heavy atom. The van der Waals surface area contributed by atoms with Crippen LogP contribution in [0.3, 0.4) is 0 Å². The Hall–Kier alpha value is -8.14. The maximum absolute atomic E-state index is 13.8. The summed E-state index contributed by atoms with van der Waals surface area (Å²) < 4.78 is 127. The molecular weight excluding hydrogens is 1920 g/mol. The number of carboxylic acid groups (broad SMARTS) is 1. The molecule has 0 saturated heterocycles. The standard InChI is InChI=1S/C28H38N6O5S.C20H31ClN4O5S.C20H32N4O6S.C18H27N3O6S.C4H10ClN.ClH/c1-27(2,19-39-15-14-32(3)4)40(37,38)28(11-12-28)18-34-13-10-22-23(31-33(5)24(22)26(34)36)25(35)30-17-21-8-6-20(16-29)7-9-21;1-19(2,13-30-11-10-23(3)4)31(28,29)20(7-8-20)12-25-9-6-14-15(17(21)26)22-24(5)16(14)18(25)27;1-19(2,13-30-11-10-22(3)4)31(28,29)20(7-8-20)12-24-9-6-14-15(18(26)27)21-23(5)16(14)17(24)25;1-5-27-16(24)13-12-6-9-21(15(23)14(12)20(4)19-13)10-18(7-8-18)28(25,26)17(2,3)11-22;1-6(2)4-3-5;/h6-9H,10-15,17-19H2,1-5H3,(H,30,35);6-13H2,1-5H3;6-13H2,1-5H3,(H,26,27);22H,5-11H2,1-4H3;3-4H2,1-2H3;1H. The number of likely N-dealkylation sites (N-methyl/N-ethyl adjacent to an activating group) is 3. The predicted octanol–water partition coefficient (Wildman–Crippen LogP) is 4.57. The number of hydrogen-bond acceptors (Lipinski definition) is 30. The van der Waals surface area contributed by atoms with E-state index in [2.05, 4.69) is 31.8 Å². The monoisotopic (exact) mass is 2060 g/mol. The van der Waals surface area contributed by atoms with E-state index in [1.54, 1.807) is 104 Å². The van der Waals surface area contributed by atoms with Gasteiger partial charge in [-0.25, -0.2) is 43.3 Å². The smallest absolute Gasteiger partial charge is 0.359 e. The molecule has 4 fully saturated rings. The molecule has 40 nitrogen and oxygen atoms in total. The lowest BCUT2D eigenvalue weighted by Crippen LogP contribution is -2.52. The van der Waals surface area contributed by atoms with Crippen molar-refractivity contribution in [1.82, 2.24) is 83.6 Å². The largest absolute Gasteiger partial charge is 0.476 e. The van der Waals surface area contributed by atoms with Crippen LogP contribution in [0.5, 0.6) is 0 Å². The number of aromatic carboxylic acids is 1. The van der Waals surface area contributed by atoms with E-state index < -0.39 is 101 Å². The molecule has 13 rings (SSSR count). The number of nitriles is 1. The molecule has 5 amide bonds. The number of carbonyl (C=O) groups excluding carboxylic acids is 7. The molecule has 3 N–H and O–H groups in total. The zero-order valence-corrected chi connectivity index (χ0v) is 88.4. The molecule has 0 atom stereocenters. The van der Waals surface area contributed by atoms with Crippen LogP contribution in [0.4, 0.5) is 0 Å². The fraction of sp³-hybridized carbons (Fsp3) is 0.700. The average Bonchev–Trinajstić information content (AvgIpc) is 1.57. The van der Waals surface area contributed by atoms with Crippen LogP contribution in [-0.4, -0.2) is 401 Å². The summed E-state index contributed by atoms with van der Waals surface area (Å²) in [5, 5.41) is 46.5. The highest BCUT2D eigenvalue weighted by molar-refractivity contribution is 7.95. The van der Waals surface area contributed by atoms with Gasteiger partial charge in [-0.3, -0.25) is 47.5 Å². The highest BCUT2D eigenvalue weighted by Gasteiger charge is 2.65. The number of benzene rings is 1. The van der Waals surface area contributed by atoms with E-state index in [9.17, 15) is 82.2 Å². The molecule has 47 heteroatoms. The number of aromatic nitrogens is 8. The number of aliphatic hydroxyl groups excluding tert-OH is 1. The number of nitrogens with one attached hydrogen (secondary N) is 1. The summed E-state index contributed by atoms with van der Waals surface area (Å²) in [7, 11) is 7.46. The number of halogens is 3. The molecule has 0 bridgehead atoms. The Labute approximate surface area is 821 Å². The minimum atomic E-state index is -3.64. The molecule has 4 saturated carbocycles. The predicted molar refractivity (Wildman–Crippen MR) is 518 cm³/mol. The van der Waals surface area contributed by atoms with E-state index >= 15 is 0 Å². The third-order valence-electron chi connectivity index (χ3n) is 26.3. The van der Waals surface area contributed by atoms with Gasteiger partial charge in [-0.1, -0.05) is 12.1 Å². The lowest BCUT2D eigenvalue weighted by molar-refractivity contribution is 0.0515. The van der Waals surface area contributed by atoms with Crippen molar-refractivity contribution in [1.29, 1.82) is 5.26 Å². The van der Waals surface area contributed by atoms with Gasteiger partial charge in [0.1, 0.15) is 28.5 Å². The maximum atomic E-state index is 13.8. The van der Waals surface area contributed by atoms with E-state index in [4.69, 9.17) is 47.4 Å².